The number of hydrogen-bond acceptors (Lipinski definition) is 3. The van der Waals surface area contributed by atoms with Crippen molar-refractivity contribution in [1.82, 2.24) is 5.32 Å². The Labute approximate surface area is 137 Å². The van der Waals surface area contributed by atoms with E-state index in [0.717, 1.165) is 6.42 Å². The summed E-state index contributed by atoms with van der Waals surface area (Å²) < 4.78 is 4.95. The van der Waals surface area contributed by atoms with Gasteiger partial charge in [0.2, 0.25) is 0 Å². The van der Waals surface area contributed by atoms with Gasteiger partial charge in [0.15, 0.2) is 0 Å². The highest BCUT2D eigenvalue weighted by Crippen LogP contribution is 2.43. The summed E-state index contributed by atoms with van der Waals surface area (Å²) in [6.07, 6.45) is 4.04. The smallest absolute Gasteiger partial charge is 0.305 e. The number of methoxy groups -OCH3 is 1. The van der Waals surface area contributed by atoms with Gasteiger partial charge in [0.05, 0.1) is 13.5 Å². The van der Waals surface area contributed by atoms with Gasteiger partial charge in [-0.3, -0.25) is 4.79 Å². The molecule has 0 saturated carbocycles. The molecule has 120 valence electrons. The van der Waals surface area contributed by atoms with Gasteiger partial charge in [0.25, 0.3) is 0 Å². The van der Waals surface area contributed by atoms with Gasteiger partial charge in [-0.25, -0.2) is 0 Å². The van der Waals surface area contributed by atoms with E-state index in [4.69, 9.17) is 4.74 Å². The molecule has 0 spiro atoms. The van der Waals surface area contributed by atoms with E-state index >= 15 is 0 Å². The molecule has 4 rings (SSSR count). The molecule has 2 fully saturated rings. The minimum absolute atomic E-state index is 0.0899. The second-order valence-electron chi connectivity index (χ2n) is 6.94. The predicted octanol–water partition coefficient (Wildman–Crippen LogP) is 3.63. The maximum Gasteiger partial charge on any atom is 0.305 e. The topological polar surface area (TPSA) is 38.3 Å². The van der Waals surface area contributed by atoms with Gasteiger partial charge in [-0.05, 0) is 47.4 Å². The van der Waals surface area contributed by atoms with Crippen LogP contribution in [0.3, 0.4) is 0 Å². The van der Waals surface area contributed by atoms with Crippen LogP contribution < -0.4 is 5.32 Å². The first kappa shape index (κ1) is 14.7. The minimum atomic E-state index is -0.0899. The van der Waals surface area contributed by atoms with E-state index in [9.17, 15) is 4.79 Å². The Balaban J connectivity index is 1.69. The van der Waals surface area contributed by atoms with Crippen molar-refractivity contribution in [2.24, 2.45) is 5.92 Å². The zero-order chi connectivity index (χ0) is 15.8. The van der Waals surface area contributed by atoms with Gasteiger partial charge in [0, 0.05) is 12.1 Å². The summed E-state index contributed by atoms with van der Waals surface area (Å²) in [4.78, 5) is 11.9. The zero-order valence-corrected chi connectivity index (χ0v) is 13.5. The first-order valence-electron chi connectivity index (χ1n) is 8.56. The Morgan fingerprint density at radius 1 is 1.17 bits per heavy atom. The Hall–Kier alpha value is -1.87. The van der Waals surface area contributed by atoms with Crippen LogP contribution in [0.4, 0.5) is 0 Å². The highest BCUT2D eigenvalue weighted by atomic mass is 16.5. The normalized spacial score (nSPS) is 29.6. The van der Waals surface area contributed by atoms with Gasteiger partial charge in [-0.15, -0.1) is 0 Å². The van der Waals surface area contributed by atoms with E-state index in [1.807, 2.05) is 0 Å². The molecule has 2 heterocycles. The van der Waals surface area contributed by atoms with E-state index in [2.05, 4.69) is 47.8 Å². The number of rotatable bonds is 3. The van der Waals surface area contributed by atoms with Crippen molar-refractivity contribution in [3.63, 3.8) is 0 Å². The molecule has 2 aliphatic rings. The largest absolute Gasteiger partial charge is 0.469 e. The number of esters is 1. The number of fused-ring (bicyclic) bond motifs is 3. The fourth-order valence-corrected chi connectivity index (χ4v) is 4.52. The highest BCUT2D eigenvalue weighted by molar-refractivity contribution is 5.83. The molecule has 2 bridgehead atoms. The molecule has 4 unspecified atom stereocenters. The van der Waals surface area contributed by atoms with E-state index in [0.29, 0.717) is 30.3 Å². The van der Waals surface area contributed by atoms with E-state index in [1.165, 1.54) is 36.3 Å². The van der Waals surface area contributed by atoms with Crippen molar-refractivity contribution in [2.75, 3.05) is 7.11 Å². The molecule has 2 saturated heterocycles. The number of benzene rings is 2. The highest BCUT2D eigenvalue weighted by Gasteiger charge is 2.42. The Kier molecular flexibility index (Phi) is 3.82. The van der Waals surface area contributed by atoms with Crippen molar-refractivity contribution in [1.29, 1.82) is 0 Å². The summed E-state index contributed by atoms with van der Waals surface area (Å²) in [7, 11) is 1.49. The summed E-state index contributed by atoms with van der Waals surface area (Å²) in [5, 5.41) is 6.26. The lowest BCUT2D eigenvalue weighted by Crippen LogP contribution is -2.45. The fourth-order valence-electron chi connectivity index (χ4n) is 4.52. The first-order valence-corrected chi connectivity index (χ1v) is 8.56. The quantitative estimate of drug-likeness (QED) is 0.880. The molecular formula is C20H23NO2. The molecule has 3 nitrogen and oxygen atoms in total. The molecule has 1 N–H and O–H groups in total. The van der Waals surface area contributed by atoms with Gasteiger partial charge < -0.3 is 10.1 Å². The lowest BCUT2D eigenvalue weighted by Gasteiger charge is -2.37. The maximum atomic E-state index is 11.9. The van der Waals surface area contributed by atoms with Crippen molar-refractivity contribution < 1.29 is 9.53 Å². The molecule has 3 heteroatoms. The molecule has 0 aliphatic carbocycles. The Morgan fingerprint density at radius 2 is 2.00 bits per heavy atom. The Morgan fingerprint density at radius 3 is 2.83 bits per heavy atom. The average molecular weight is 309 g/mol. The molecule has 2 aromatic carbocycles. The van der Waals surface area contributed by atoms with Crippen molar-refractivity contribution in [2.45, 2.75) is 43.7 Å². The molecule has 23 heavy (non-hydrogen) atoms. The molecule has 0 aromatic heterocycles. The van der Waals surface area contributed by atoms with Crippen LogP contribution in [0, 0.1) is 5.92 Å². The number of ether oxygens (including phenoxy) is 1. The number of carbonyl (C=O) groups excluding carboxylic acids is 1. The van der Waals surface area contributed by atoms with Crippen LogP contribution in [0.5, 0.6) is 0 Å². The monoisotopic (exact) mass is 309 g/mol. The third kappa shape index (κ3) is 2.74. The van der Waals surface area contributed by atoms with E-state index in [-0.39, 0.29) is 5.97 Å². The second kappa shape index (κ2) is 5.97. The van der Waals surface area contributed by atoms with Crippen LogP contribution in [-0.4, -0.2) is 25.2 Å². The lowest BCUT2D eigenvalue weighted by atomic mass is 9.75. The molecular weight excluding hydrogens is 286 g/mol. The third-order valence-electron chi connectivity index (χ3n) is 5.68. The van der Waals surface area contributed by atoms with Crippen molar-refractivity contribution in [3.8, 4) is 0 Å². The van der Waals surface area contributed by atoms with E-state index in [1.54, 1.807) is 0 Å². The standard InChI is InChI=1S/C20H23NO2/c1-23-20(22)12-18-17(11-16-8-9-19(18)21-16)15-7-6-13-4-2-3-5-14(13)10-15/h2-7,10,16-19,21H,8-9,11-12H2,1H3. The third-order valence-corrected chi connectivity index (χ3v) is 5.68. The van der Waals surface area contributed by atoms with Gasteiger partial charge in [-0.1, -0.05) is 42.5 Å². The number of piperidine rings is 1. The zero-order valence-electron chi connectivity index (χ0n) is 13.5. The molecule has 0 radical (unpaired) electrons. The maximum absolute atomic E-state index is 11.9. The van der Waals surface area contributed by atoms with Gasteiger partial charge >= 0.3 is 5.97 Å². The lowest BCUT2D eigenvalue weighted by molar-refractivity contribution is -0.142. The molecule has 2 aliphatic heterocycles. The summed E-state index contributed by atoms with van der Waals surface area (Å²) in [5.41, 5.74) is 1.37. The number of nitrogens with one attached hydrogen (secondary N) is 1. The molecule has 2 aromatic rings. The fraction of sp³-hybridized carbons (Fsp3) is 0.450. The molecule has 0 amide bonds. The SMILES string of the molecule is COC(=O)CC1C2CCC(CC1c1ccc3ccccc3c1)N2. The minimum Gasteiger partial charge on any atom is -0.469 e. The number of hydrogen-bond donors (Lipinski definition) is 1. The van der Waals surface area contributed by atoms with Gasteiger partial charge in [-0.2, -0.15) is 0 Å². The summed E-state index contributed by atoms with van der Waals surface area (Å²) in [6.45, 7) is 0. The van der Waals surface area contributed by atoms with Crippen LogP contribution in [0.2, 0.25) is 0 Å². The Bertz CT molecular complexity index is 726. The summed E-state index contributed by atoms with van der Waals surface area (Å²) in [5.74, 6) is 0.688. The van der Waals surface area contributed by atoms with E-state index < -0.39 is 0 Å². The predicted molar refractivity (Wildman–Crippen MR) is 91.4 cm³/mol. The van der Waals surface area contributed by atoms with Gasteiger partial charge in [0.1, 0.15) is 0 Å². The van der Waals surface area contributed by atoms with Crippen molar-refractivity contribution >= 4 is 16.7 Å². The average Bonchev–Trinajstić information content (AvgIpc) is 2.99. The summed E-state index contributed by atoms with van der Waals surface area (Å²) >= 11 is 0. The van der Waals surface area contributed by atoms with Crippen LogP contribution >= 0.6 is 0 Å². The first-order chi connectivity index (χ1) is 11.2. The summed E-state index contributed by atoms with van der Waals surface area (Å²) in [6, 6.07) is 16.3. The van der Waals surface area contributed by atoms with Crippen molar-refractivity contribution in [3.05, 3.63) is 48.0 Å². The van der Waals surface area contributed by atoms with Crippen LogP contribution in [0.1, 0.15) is 37.2 Å². The number of carbonyl (C=O) groups is 1. The molecule has 4 atom stereocenters. The van der Waals surface area contributed by atoms with Crippen LogP contribution in [-0.2, 0) is 9.53 Å². The van der Waals surface area contributed by atoms with Crippen LogP contribution in [0.25, 0.3) is 10.8 Å². The second-order valence-corrected chi connectivity index (χ2v) is 6.94. The van der Waals surface area contributed by atoms with Crippen LogP contribution in [0.15, 0.2) is 42.5 Å².